The molecule has 0 aliphatic heterocycles. The predicted octanol–water partition coefficient (Wildman–Crippen LogP) is 4.29. The summed E-state index contributed by atoms with van der Waals surface area (Å²) in [6.45, 7) is 1.97. The third-order valence-electron chi connectivity index (χ3n) is 6.42. The molecule has 0 aliphatic carbocycles. The minimum Gasteiger partial charge on any atom is -0.358 e. The molecular formula is C28H27N5O2. The number of hydrogen-bond acceptors (Lipinski definition) is 3. The maximum absolute atomic E-state index is 13.6. The van der Waals surface area contributed by atoms with Crippen molar-refractivity contribution in [2.45, 2.75) is 25.8 Å². The highest BCUT2D eigenvalue weighted by Crippen LogP contribution is 2.23. The molecule has 0 radical (unpaired) electrons. The second-order valence-electron chi connectivity index (χ2n) is 8.80. The third-order valence-corrected chi connectivity index (χ3v) is 6.42. The minimum absolute atomic E-state index is 0.180. The zero-order chi connectivity index (χ0) is 24.4. The molecule has 0 spiro atoms. The highest BCUT2D eigenvalue weighted by atomic mass is 16.2. The molecule has 7 heteroatoms. The van der Waals surface area contributed by atoms with Crippen molar-refractivity contribution in [1.29, 1.82) is 0 Å². The number of aromatic amines is 2. The van der Waals surface area contributed by atoms with Gasteiger partial charge in [-0.25, -0.2) is 0 Å². The Morgan fingerprint density at radius 1 is 1.00 bits per heavy atom. The number of hydrogen-bond donors (Lipinski definition) is 3. The van der Waals surface area contributed by atoms with E-state index in [0.717, 1.165) is 44.3 Å². The van der Waals surface area contributed by atoms with Crippen LogP contribution in [0.15, 0.2) is 79.0 Å². The average molecular weight is 466 g/mol. The summed E-state index contributed by atoms with van der Waals surface area (Å²) in [6, 6.07) is 22.6. The van der Waals surface area contributed by atoms with Crippen molar-refractivity contribution >= 4 is 39.3 Å². The van der Waals surface area contributed by atoms with Gasteiger partial charge in [-0.1, -0.05) is 48.5 Å². The summed E-state index contributed by atoms with van der Waals surface area (Å²) < 4.78 is 0. The quantitative estimate of drug-likeness (QED) is 0.335. The number of carbonyl (C=O) groups excluding carboxylic acids is 2. The summed E-state index contributed by atoms with van der Waals surface area (Å²) in [6.07, 6.45) is 2.32. The molecule has 0 saturated heterocycles. The van der Waals surface area contributed by atoms with Crippen LogP contribution in [0.25, 0.3) is 21.8 Å². The van der Waals surface area contributed by atoms with Crippen LogP contribution >= 0.6 is 0 Å². The number of rotatable bonds is 7. The molecule has 35 heavy (non-hydrogen) atoms. The number of H-pyrrole nitrogens is 2. The molecule has 5 rings (SSSR count). The maximum Gasteiger partial charge on any atom is 0.249 e. The van der Waals surface area contributed by atoms with Gasteiger partial charge in [0.05, 0.1) is 18.1 Å². The minimum atomic E-state index is -0.708. The highest BCUT2D eigenvalue weighted by molar-refractivity contribution is 6.01. The summed E-state index contributed by atoms with van der Waals surface area (Å²) in [7, 11) is 1.73. The van der Waals surface area contributed by atoms with Crippen molar-refractivity contribution < 1.29 is 9.59 Å². The fourth-order valence-electron chi connectivity index (χ4n) is 4.52. The van der Waals surface area contributed by atoms with Crippen LogP contribution < -0.4 is 10.2 Å². The number of carbonyl (C=O) groups is 2. The average Bonchev–Trinajstić information content (AvgIpc) is 3.47. The van der Waals surface area contributed by atoms with Crippen LogP contribution in [0.5, 0.6) is 0 Å². The van der Waals surface area contributed by atoms with E-state index in [9.17, 15) is 9.59 Å². The fraction of sp³-hybridized carbons (Fsp3) is 0.179. The number of fused-ring (bicyclic) bond motifs is 2. The highest BCUT2D eigenvalue weighted by Gasteiger charge is 2.26. The SMILES string of the molecule is Cc1[nH]c2ccccc2c1CC(=O)NC(Cc1ccccc1)C(=O)N(C)c1ccc2[nH]ncc2c1. The van der Waals surface area contributed by atoms with Crippen LogP contribution in [0.3, 0.4) is 0 Å². The van der Waals surface area contributed by atoms with Crippen LogP contribution in [-0.2, 0) is 22.4 Å². The van der Waals surface area contributed by atoms with Gasteiger partial charge in [0.1, 0.15) is 6.04 Å². The topological polar surface area (TPSA) is 93.9 Å². The predicted molar refractivity (Wildman–Crippen MR) is 138 cm³/mol. The molecule has 5 aromatic rings. The molecule has 3 aromatic carbocycles. The van der Waals surface area contributed by atoms with Crippen molar-refractivity contribution in [3.63, 3.8) is 0 Å². The Morgan fingerprint density at radius 2 is 1.77 bits per heavy atom. The van der Waals surface area contributed by atoms with Gasteiger partial charge < -0.3 is 15.2 Å². The molecule has 2 heterocycles. The Kier molecular flexibility index (Phi) is 6.06. The number of nitrogens with one attached hydrogen (secondary N) is 3. The zero-order valence-electron chi connectivity index (χ0n) is 19.7. The zero-order valence-corrected chi connectivity index (χ0v) is 19.7. The number of para-hydroxylation sites is 1. The molecule has 0 fully saturated rings. The van der Waals surface area contributed by atoms with Crippen LogP contribution in [0, 0.1) is 6.92 Å². The van der Waals surface area contributed by atoms with Crippen LogP contribution in [-0.4, -0.2) is 40.1 Å². The molecule has 2 aromatic heterocycles. The van der Waals surface area contributed by atoms with Crippen molar-refractivity contribution in [2.24, 2.45) is 0 Å². The second kappa shape index (κ2) is 9.46. The summed E-state index contributed by atoms with van der Waals surface area (Å²) in [5.41, 5.74) is 5.52. The fourth-order valence-corrected chi connectivity index (χ4v) is 4.52. The molecule has 1 atom stereocenters. The van der Waals surface area contributed by atoms with Crippen LogP contribution in [0.1, 0.15) is 16.8 Å². The lowest BCUT2D eigenvalue weighted by molar-refractivity contribution is -0.127. The Labute approximate surface area is 203 Å². The summed E-state index contributed by atoms with van der Waals surface area (Å²) in [5.74, 6) is -0.369. The second-order valence-corrected chi connectivity index (χ2v) is 8.80. The first kappa shape index (κ1) is 22.4. The van der Waals surface area contributed by atoms with Gasteiger partial charge in [-0.2, -0.15) is 5.10 Å². The molecule has 7 nitrogen and oxygen atoms in total. The lowest BCUT2D eigenvalue weighted by Crippen LogP contribution is -2.49. The summed E-state index contributed by atoms with van der Waals surface area (Å²) in [4.78, 5) is 31.8. The number of nitrogens with zero attached hydrogens (tertiary/aromatic N) is 2. The molecule has 0 bridgehead atoms. The molecule has 0 aliphatic rings. The number of anilines is 1. The van der Waals surface area contributed by atoms with Crippen LogP contribution in [0.2, 0.25) is 0 Å². The van der Waals surface area contributed by atoms with E-state index >= 15 is 0 Å². The monoisotopic (exact) mass is 465 g/mol. The van der Waals surface area contributed by atoms with Gasteiger partial charge in [-0.15, -0.1) is 0 Å². The summed E-state index contributed by atoms with van der Waals surface area (Å²) >= 11 is 0. The molecule has 0 saturated carbocycles. The van der Waals surface area contributed by atoms with Crippen molar-refractivity contribution in [1.82, 2.24) is 20.5 Å². The van der Waals surface area contributed by atoms with E-state index in [1.807, 2.05) is 79.7 Å². The van der Waals surface area contributed by atoms with E-state index in [2.05, 4.69) is 20.5 Å². The standard InChI is InChI=1S/C28H27N5O2/c1-18-23(22-10-6-7-11-25(22)30-18)16-27(34)31-26(14-19-8-4-3-5-9-19)28(35)33(2)21-12-13-24-20(15-21)17-29-32-24/h3-13,15,17,26,30H,14,16H2,1-2H3,(H,29,32)(H,31,34). The lowest BCUT2D eigenvalue weighted by atomic mass is 10.0. The van der Waals surface area contributed by atoms with E-state index < -0.39 is 6.04 Å². The first-order valence-electron chi connectivity index (χ1n) is 11.6. The first-order chi connectivity index (χ1) is 17.0. The molecule has 2 amide bonds. The molecule has 3 N–H and O–H groups in total. The Balaban J connectivity index is 1.39. The number of likely N-dealkylation sites (N-methyl/N-ethyl adjacent to an activating group) is 1. The first-order valence-corrected chi connectivity index (χ1v) is 11.6. The van der Waals surface area contributed by atoms with Gasteiger partial charge in [-0.05, 0) is 42.3 Å². The van der Waals surface area contributed by atoms with Gasteiger partial charge in [0, 0.05) is 41.1 Å². The Morgan fingerprint density at radius 3 is 2.60 bits per heavy atom. The van der Waals surface area contributed by atoms with E-state index in [4.69, 9.17) is 0 Å². The smallest absolute Gasteiger partial charge is 0.249 e. The third kappa shape index (κ3) is 4.66. The van der Waals surface area contributed by atoms with Gasteiger partial charge in [-0.3, -0.25) is 14.7 Å². The normalized spacial score (nSPS) is 12.1. The summed E-state index contributed by atoms with van der Waals surface area (Å²) in [5, 5.41) is 11.9. The Bertz CT molecular complexity index is 1500. The molecular weight excluding hydrogens is 438 g/mol. The lowest BCUT2D eigenvalue weighted by Gasteiger charge is -2.25. The van der Waals surface area contributed by atoms with E-state index in [1.165, 1.54) is 0 Å². The van der Waals surface area contributed by atoms with Crippen LogP contribution in [0.4, 0.5) is 5.69 Å². The van der Waals surface area contributed by atoms with E-state index in [-0.39, 0.29) is 18.2 Å². The largest absolute Gasteiger partial charge is 0.358 e. The molecule has 1 unspecified atom stereocenters. The maximum atomic E-state index is 13.6. The van der Waals surface area contributed by atoms with Crippen molar-refractivity contribution in [3.8, 4) is 0 Å². The number of aryl methyl sites for hydroxylation is 1. The number of benzene rings is 3. The van der Waals surface area contributed by atoms with E-state index in [1.54, 1.807) is 18.1 Å². The van der Waals surface area contributed by atoms with Gasteiger partial charge in [0.25, 0.3) is 0 Å². The van der Waals surface area contributed by atoms with Crippen molar-refractivity contribution in [3.05, 3.63) is 95.8 Å². The number of amides is 2. The van der Waals surface area contributed by atoms with Crippen molar-refractivity contribution in [2.75, 3.05) is 11.9 Å². The molecule has 176 valence electrons. The Hall–Kier alpha value is -4.39. The van der Waals surface area contributed by atoms with Gasteiger partial charge in [0.2, 0.25) is 11.8 Å². The van der Waals surface area contributed by atoms with Gasteiger partial charge >= 0.3 is 0 Å². The van der Waals surface area contributed by atoms with Gasteiger partial charge in [0.15, 0.2) is 0 Å². The van der Waals surface area contributed by atoms with E-state index in [0.29, 0.717) is 6.42 Å². The number of aromatic nitrogens is 3.